The number of aliphatic hydroxyl groups is 2. The van der Waals surface area contributed by atoms with Crippen molar-refractivity contribution in [3.05, 3.63) is 12.7 Å². The molecule has 2 bridgehead atoms. The van der Waals surface area contributed by atoms with E-state index in [1.54, 1.807) is 6.08 Å². The van der Waals surface area contributed by atoms with E-state index >= 15 is 0 Å². The Hall–Kier alpha value is -1.20. The maximum absolute atomic E-state index is 13.1. The molecule has 1 unspecified atom stereocenters. The van der Waals surface area contributed by atoms with Gasteiger partial charge in [-0.2, -0.15) is 0 Å². The van der Waals surface area contributed by atoms with Crippen molar-refractivity contribution >= 4 is 11.8 Å². The van der Waals surface area contributed by atoms with Crippen LogP contribution in [0.2, 0.25) is 0 Å². The van der Waals surface area contributed by atoms with E-state index < -0.39 is 35.6 Å². The van der Waals surface area contributed by atoms with Gasteiger partial charge in [0.25, 0.3) is 0 Å². The lowest BCUT2D eigenvalue weighted by atomic mass is 9.43. The highest BCUT2D eigenvalue weighted by Gasteiger charge is 2.68. The van der Waals surface area contributed by atoms with Crippen molar-refractivity contribution in [3.8, 4) is 0 Å². The number of hydrogen-bond donors (Lipinski definition) is 2. The van der Waals surface area contributed by atoms with Crippen LogP contribution in [0.25, 0.3) is 0 Å². The van der Waals surface area contributed by atoms with Crippen LogP contribution in [-0.4, -0.2) is 40.8 Å². The van der Waals surface area contributed by atoms with Crippen molar-refractivity contribution in [2.24, 2.45) is 34.0 Å². The molecule has 5 heteroatoms. The maximum Gasteiger partial charge on any atom is 0.332 e. The quantitative estimate of drug-likeness (QED) is 0.583. The summed E-state index contributed by atoms with van der Waals surface area (Å²) in [6, 6.07) is 0. The van der Waals surface area contributed by atoms with E-state index in [0.717, 1.165) is 19.3 Å². The van der Waals surface area contributed by atoms with Gasteiger partial charge < -0.3 is 14.9 Å². The van der Waals surface area contributed by atoms with Crippen LogP contribution in [0.15, 0.2) is 12.7 Å². The minimum atomic E-state index is -0.684. The lowest BCUT2D eigenvalue weighted by Crippen LogP contribution is -2.63. The van der Waals surface area contributed by atoms with Crippen molar-refractivity contribution in [1.29, 1.82) is 0 Å². The second-order valence-corrected chi connectivity index (χ2v) is 9.74. The van der Waals surface area contributed by atoms with Gasteiger partial charge in [0.15, 0.2) is 0 Å². The third kappa shape index (κ3) is 2.72. The molecule has 3 saturated carbocycles. The molecule has 3 fully saturated rings. The van der Waals surface area contributed by atoms with Crippen LogP contribution in [0.4, 0.5) is 0 Å². The molecule has 3 aliphatic carbocycles. The number of carbonyl (C=O) groups excluding carboxylic acids is 2. The number of carbonyl (C=O) groups is 2. The van der Waals surface area contributed by atoms with Crippen LogP contribution in [0.1, 0.15) is 59.8 Å². The highest BCUT2D eigenvalue weighted by molar-refractivity contribution is 5.85. The van der Waals surface area contributed by atoms with E-state index in [9.17, 15) is 19.8 Å². The smallest absolute Gasteiger partial charge is 0.332 e. The average Bonchev–Trinajstić information content (AvgIpc) is 3.02. The van der Waals surface area contributed by atoms with Gasteiger partial charge in [-0.25, -0.2) is 4.79 Å². The van der Waals surface area contributed by atoms with Gasteiger partial charge in [0.05, 0.1) is 6.10 Å². The third-order valence-electron chi connectivity index (χ3n) is 8.58. The molecule has 152 valence electrons. The molecule has 0 saturated heterocycles. The van der Waals surface area contributed by atoms with Gasteiger partial charge in [-0.15, -0.1) is 6.58 Å². The van der Waals surface area contributed by atoms with Crippen molar-refractivity contribution in [2.75, 3.05) is 6.61 Å². The summed E-state index contributed by atoms with van der Waals surface area (Å²) in [7, 11) is 0. The van der Waals surface area contributed by atoms with Crippen LogP contribution < -0.4 is 0 Å². The highest BCUT2D eigenvalue weighted by Crippen LogP contribution is 2.68. The normalized spacial score (nSPS) is 49.7. The number of aliphatic hydroxyl groups excluding tert-OH is 2. The van der Waals surface area contributed by atoms with Crippen molar-refractivity contribution in [3.63, 3.8) is 0 Å². The lowest BCUT2D eigenvalue weighted by Gasteiger charge is -2.62. The van der Waals surface area contributed by atoms with Crippen LogP contribution in [0, 0.1) is 34.0 Å². The molecule has 27 heavy (non-hydrogen) atoms. The Kier molecular flexibility index (Phi) is 5.09. The van der Waals surface area contributed by atoms with E-state index in [1.165, 1.54) is 0 Å². The predicted molar refractivity (Wildman–Crippen MR) is 102 cm³/mol. The molecule has 0 amide bonds. The first-order valence-corrected chi connectivity index (χ1v) is 10.2. The lowest BCUT2D eigenvalue weighted by molar-refractivity contribution is -0.206. The Morgan fingerprint density at radius 3 is 2.59 bits per heavy atom. The first-order chi connectivity index (χ1) is 12.6. The maximum atomic E-state index is 13.1. The van der Waals surface area contributed by atoms with Crippen LogP contribution in [0.3, 0.4) is 0 Å². The highest BCUT2D eigenvalue weighted by atomic mass is 16.6. The summed E-state index contributed by atoms with van der Waals surface area (Å²) in [6.45, 7) is 11.6. The molecule has 0 aliphatic heterocycles. The molecule has 3 rings (SSSR count). The van der Waals surface area contributed by atoms with Crippen LogP contribution in [-0.2, 0) is 14.3 Å². The molecule has 0 aromatic heterocycles. The summed E-state index contributed by atoms with van der Waals surface area (Å²) in [5.74, 6) is -0.417. The molecule has 2 N–H and O–H groups in total. The van der Waals surface area contributed by atoms with Gasteiger partial charge in [0.2, 0.25) is 0 Å². The number of ketones is 1. The number of hydrogen-bond acceptors (Lipinski definition) is 5. The summed E-state index contributed by atoms with van der Waals surface area (Å²) >= 11 is 0. The number of esters is 1. The number of rotatable bonds is 3. The number of Topliss-reactive ketones (excluding diaryl/α,β-unsaturated/α-hetero) is 1. The topological polar surface area (TPSA) is 83.8 Å². The summed E-state index contributed by atoms with van der Waals surface area (Å²) in [5, 5.41) is 20.6. The predicted octanol–water partition coefficient (Wildman–Crippen LogP) is 2.89. The fraction of sp³-hybridized carbons (Fsp3) is 0.818. The molecule has 0 aromatic carbocycles. The van der Waals surface area contributed by atoms with Gasteiger partial charge >= 0.3 is 5.97 Å². The Bertz CT molecular complexity index is 645. The van der Waals surface area contributed by atoms with Gasteiger partial charge in [0, 0.05) is 23.2 Å². The second kappa shape index (κ2) is 6.70. The average molecular weight is 379 g/mol. The Labute approximate surface area is 162 Å². The van der Waals surface area contributed by atoms with Crippen LogP contribution >= 0.6 is 0 Å². The van der Waals surface area contributed by atoms with Crippen molar-refractivity contribution < 1.29 is 24.5 Å². The zero-order valence-electron chi connectivity index (χ0n) is 17.0. The molecule has 0 aromatic rings. The molecule has 0 radical (unpaired) electrons. The molecule has 8 atom stereocenters. The summed E-state index contributed by atoms with van der Waals surface area (Å²) < 4.78 is 5.73. The largest absolute Gasteiger partial charge is 0.460 e. The van der Waals surface area contributed by atoms with Crippen LogP contribution in [0.5, 0.6) is 0 Å². The standard InChI is InChI=1S/C22H34O5/c1-6-20(4)11-16(27-17(25)12-23)21(5)9-7-13(2)22(14(3)19(20)26)10-8-15(24)18(21)22/h6,13-14,16,18-19,23,26H,1,7-12H2,2-5H3/t13-,14+,16-,18+,19+,20-,21?,22+/m1/s1. The van der Waals surface area contributed by atoms with E-state index in [4.69, 9.17) is 4.74 Å². The number of ether oxygens (including phenoxy) is 1. The van der Waals surface area contributed by atoms with Gasteiger partial charge in [-0.1, -0.05) is 33.8 Å². The summed E-state index contributed by atoms with van der Waals surface area (Å²) in [4.78, 5) is 25.1. The Morgan fingerprint density at radius 2 is 2.00 bits per heavy atom. The van der Waals surface area contributed by atoms with Gasteiger partial charge in [0.1, 0.15) is 18.5 Å². The Balaban J connectivity index is 2.20. The zero-order valence-corrected chi connectivity index (χ0v) is 17.0. The fourth-order valence-corrected chi connectivity index (χ4v) is 6.86. The molecule has 3 aliphatic rings. The minimum absolute atomic E-state index is 0.0546. The monoisotopic (exact) mass is 378 g/mol. The van der Waals surface area contributed by atoms with E-state index in [1.807, 2.05) is 6.92 Å². The van der Waals surface area contributed by atoms with E-state index in [0.29, 0.717) is 18.8 Å². The molecule has 5 nitrogen and oxygen atoms in total. The van der Waals surface area contributed by atoms with Crippen molar-refractivity contribution in [2.45, 2.75) is 72.0 Å². The first-order valence-electron chi connectivity index (χ1n) is 10.2. The van der Waals surface area contributed by atoms with E-state index in [-0.39, 0.29) is 23.0 Å². The molecular weight excluding hydrogens is 344 g/mol. The van der Waals surface area contributed by atoms with Gasteiger partial charge in [-0.3, -0.25) is 4.79 Å². The van der Waals surface area contributed by atoms with Crippen molar-refractivity contribution in [1.82, 2.24) is 0 Å². The second-order valence-electron chi connectivity index (χ2n) is 9.74. The minimum Gasteiger partial charge on any atom is -0.460 e. The molecule has 0 spiro atoms. The summed E-state index contributed by atoms with van der Waals surface area (Å²) in [6.07, 6.45) is 3.99. The third-order valence-corrected chi connectivity index (χ3v) is 8.58. The molecule has 0 heterocycles. The SMILES string of the molecule is C=C[C@]1(C)C[C@@H](OC(=O)CO)C2(C)CC[C@@H](C)[C@@]3(CCC(=O)[C@@H]23)[C@@H](C)[C@@H]1O. The Morgan fingerprint density at radius 1 is 1.33 bits per heavy atom. The van der Waals surface area contributed by atoms with Gasteiger partial charge in [-0.05, 0) is 42.9 Å². The molecular formula is C22H34O5. The fourth-order valence-electron chi connectivity index (χ4n) is 6.86. The zero-order chi connectivity index (χ0) is 20.2. The van der Waals surface area contributed by atoms with E-state index in [2.05, 4.69) is 27.4 Å². The first kappa shape index (κ1) is 20.5. The summed E-state index contributed by atoms with van der Waals surface area (Å²) in [5.41, 5.74) is -1.43.